The highest BCUT2D eigenvalue weighted by atomic mass is 14.9. The van der Waals surface area contributed by atoms with Crippen molar-refractivity contribution in [2.24, 2.45) is 11.5 Å². The molecule has 0 aliphatic carbocycles. The first-order valence-electron chi connectivity index (χ1n) is 5.30. The molecule has 0 amide bonds. The molecule has 2 aromatic rings. The van der Waals surface area contributed by atoms with E-state index in [9.17, 15) is 0 Å². The Balaban J connectivity index is 0.000000357. The topological polar surface area (TPSA) is 128 Å². The van der Waals surface area contributed by atoms with Crippen LogP contribution in [-0.4, -0.2) is 5.96 Å². The van der Waals surface area contributed by atoms with Gasteiger partial charge in [0, 0.05) is 11.4 Å². The average molecular weight is 243 g/mol. The van der Waals surface area contributed by atoms with Gasteiger partial charge in [-0.25, -0.2) is 0 Å². The molecule has 0 spiro atoms. The molecule has 0 atom stereocenters. The SMILES string of the molecule is N=C(N)N.Nc1ccc(-c2ccc(N)cc2)cc1. The van der Waals surface area contributed by atoms with Crippen LogP contribution in [-0.2, 0) is 0 Å². The number of hydrogen-bond donors (Lipinski definition) is 5. The number of guanidine groups is 1. The zero-order valence-corrected chi connectivity index (χ0v) is 9.93. The zero-order chi connectivity index (χ0) is 13.5. The Kier molecular flexibility index (Phi) is 4.57. The molecule has 0 saturated heterocycles. The summed E-state index contributed by atoms with van der Waals surface area (Å²) in [6.45, 7) is 0. The lowest BCUT2D eigenvalue weighted by Crippen LogP contribution is -2.20. The van der Waals surface area contributed by atoms with Crippen LogP contribution in [0.1, 0.15) is 0 Å². The van der Waals surface area contributed by atoms with Crippen molar-refractivity contribution in [3.63, 3.8) is 0 Å². The fraction of sp³-hybridized carbons (Fsp3) is 0. The maximum absolute atomic E-state index is 6.06. The van der Waals surface area contributed by atoms with Crippen LogP contribution in [0.15, 0.2) is 48.5 Å². The fourth-order valence-corrected chi connectivity index (χ4v) is 1.35. The zero-order valence-electron chi connectivity index (χ0n) is 9.93. The Morgan fingerprint density at radius 2 is 0.889 bits per heavy atom. The maximum atomic E-state index is 6.06. The van der Waals surface area contributed by atoms with Gasteiger partial charge in [-0.15, -0.1) is 0 Å². The molecule has 0 aliphatic heterocycles. The minimum Gasteiger partial charge on any atom is -0.399 e. The van der Waals surface area contributed by atoms with Gasteiger partial charge in [0.05, 0.1) is 0 Å². The first kappa shape index (κ1) is 13.4. The monoisotopic (exact) mass is 243 g/mol. The molecule has 5 nitrogen and oxygen atoms in total. The summed E-state index contributed by atoms with van der Waals surface area (Å²) in [4.78, 5) is 0. The van der Waals surface area contributed by atoms with Crippen molar-refractivity contribution < 1.29 is 0 Å². The largest absolute Gasteiger partial charge is 0.399 e. The van der Waals surface area contributed by atoms with E-state index in [0.29, 0.717) is 0 Å². The maximum Gasteiger partial charge on any atom is 0.183 e. The molecule has 0 aromatic heterocycles. The second-order valence-electron chi connectivity index (χ2n) is 3.70. The van der Waals surface area contributed by atoms with Crippen molar-refractivity contribution >= 4 is 17.3 Å². The summed E-state index contributed by atoms with van der Waals surface area (Å²) in [6.07, 6.45) is 0. The highest BCUT2D eigenvalue weighted by Crippen LogP contribution is 2.21. The third kappa shape index (κ3) is 4.44. The lowest BCUT2D eigenvalue weighted by atomic mass is 10.1. The Morgan fingerprint density at radius 3 is 1.11 bits per heavy atom. The van der Waals surface area contributed by atoms with Crippen LogP contribution in [0.4, 0.5) is 11.4 Å². The second kappa shape index (κ2) is 6.15. The van der Waals surface area contributed by atoms with Crippen molar-refractivity contribution in [1.29, 1.82) is 5.41 Å². The molecule has 0 bridgehead atoms. The Labute approximate surface area is 106 Å². The molecule has 0 unspecified atom stereocenters. The number of nitrogens with one attached hydrogen (secondary N) is 1. The van der Waals surface area contributed by atoms with Crippen LogP contribution in [0, 0.1) is 5.41 Å². The number of nitrogens with two attached hydrogens (primary N) is 4. The smallest absolute Gasteiger partial charge is 0.183 e. The average Bonchev–Trinajstić information content (AvgIpc) is 2.31. The normalized spacial score (nSPS) is 9.11. The number of nitrogen functional groups attached to an aromatic ring is 2. The highest BCUT2D eigenvalue weighted by Gasteiger charge is 1.95. The molecule has 9 N–H and O–H groups in total. The molecule has 0 fully saturated rings. The Morgan fingerprint density at radius 1 is 0.667 bits per heavy atom. The van der Waals surface area contributed by atoms with E-state index in [0.717, 1.165) is 22.5 Å². The molecule has 2 aromatic carbocycles. The van der Waals surface area contributed by atoms with Crippen LogP contribution in [0.25, 0.3) is 11.1 Å². The van der Waals surface area contributed by atoms with Gasteiger partial charge in [-0.3, -0.25) is 5.41 Å². The lowest BCUT2D eigenvalue weighted by molar-refractivity contribution is 1.39. The molecule has 2 rings (SSSR count). The van der Waals surface area contributed by atoms with Crippen LogP contribution in [0.3, 0.4) is 0 Å². The fourth-order valence-electron chi connectivity index (χ4n) is 1.35. The van der Waals surface area contributed by atoms with Crippen molar-refractivity contribution in [3.05, 3.63) is 48.5 Å². The van der Waals surface area contributed by atoms with Crippen LogP contribution >= 0.6 is 0 Å². The molecule has 5 heteroatoms. The minimum atomic E-state index is -0.333. The molecular formula is C13H17N5. The van der Waals surface area contributed by atoms with Crippen molar-refractivity contribution in [3.8, 4) is 11.1 Å². The van der Waals surface area contributed by atoms with Crippen molar-refractivity contribution in [1.82, 2.24) is 0 Å². The first-order valence-corrected chi connectivity index (χ1v) is 5.30. The molecule has 0 aliphatic rings. The third-order valence-electron chi connectivity index (χ3n) is 2.15. The summed E-state index contributed by atoms with van der Waals surface area (Å²) in [7, 11) is 0. The van der Waals surface area contributed by atoms with Gasteiger partial charge in [-0.05, 0) is 35.4 Å². The summed E-state index contributed by atoms with van der Waals surface area (Å²) in [5, 5.41) is 6.06. The molecule has 0 heterocycles. The summed E-state index contributed by atoms with van der Waals surface area (Å²) >= 11 is 0. The number of rotatable bonds is 1. The van der Waals surface area contributed by atoms with Gasteiger partial charge in [-0.2, -0.15) is 0 Å². The lowest BCUT2D eigenvalue weighted by Gasteiger charge is -2.02. The van der Waals surface area contributed by atoms with Gasteiger partial charge in [0.1, 0.15) is 0 Å². The van der Waals surface area contributed by atoms with E-state index < -0.39 is 0 Å². The molecule has 0 saturated carbocycles. The third-order valence-corrected chi connectivity index (χ3v) is 2.15. The number of hydrogen-bond acceptors (Lipinski definition) is 3. The van der Waals surface area contributed by atoms with E-state index in [-0.39, 0.29) is 5.96 Å². The van der Waals surface area contributed by atoms with E-state index in [1.807, 2.05) is 48.5 Å². The highest BCUT2D eigenvalue weighted by molar-refractivity contribution is 5.71. The van der Waals surface area contributed by atoms with Crippen LogP contribution in [0.2, 0.25) is 0 Å². The summed E-state index contributed by atoms with van der Waals surface area (Å²) in [5.74, 6) is -0.333. The van der Waals surface area contributed by atoms with E-state index in [1.54, 1.807) is 0 Å². The molecule has 94 valence electrons. The van der Waals surface area contributed by atoms with E-state index in [4.69, 9.17) is 16.9 Å². The van der Waals surface area contributed by atoms with Gasteiger partial charge in [0.15, 0.2) is 5.96 Å². The van der Waals surface area contributed by atoms with Crippen molar-refractivity contribution in [2.75, 3.05) is 11.5 Å². The Bertz CT molecular complexity index is 454. The van der Waals surface area contributed by atoms with E-state index >= 15 is 0 Å². The van der Waals surface area contributed by atoms with Crippen molar-refractivity contribution in [2.45, 2.75) is 0 Å². The van der Waals surface area contributed by atoms with E-state index in [2.05, 4.69) is 11.5 Å². The molecule has 0 radical (unpaired) electrons. The molecule has 18 heavy (non-hydrogen) atoms. The number of benzene rings is 2. The Hall–Kier alpha value is -2.69. The predicted octanol–water partition coefficient (Wildman–Crippen LogP) is 1.36. The van der Waals surface area contributed by atoms with Gasteiger partial charge in [0.25, 0.3) is 0 Å². The summed E-state index contributed by atoms with van der Waals surface area (Å²) < 4.78 is 0. The summed E-state index contributed by atoms with van der Waals surface area (Å²) in [5.41, 5.74) is 24.0. The van der Waals surface area contributed by atoms with Gasteiger partial charge < -0.3 is 22.9 Å². The van der Waals surface area contributed by atoms with E-state index in [1.165, 1.54) is 0 Å². The van der Waals surface area contributed by atoms with Gasteiger partial charge in [-0.1, -0.05) is 24.3 Å². The number of anilines is 2. The minimum absolute atomic E-state index is 0.333. The van der Waals surface area contributed by atoms with Crippen LogP contribution in [0.5, 0.6) is 0 Å². The van der Waals surface area contributed by atoms with Gasteiger partial charge >= 0.3 is 0 Å². The molecular weight excluding hydrogens is 226 g/mol. The summed E-state index contributed by atoms with van der Waals surface area (Å²) in [6, 6.07) is 15.6. The second-order valence-corrected chi connectivity index (χ2v) is 3.70. The standard InChI is InChI=1S/C12H12N2.CH5N3/c13-11-5-1-9(2-6-11)10-3-7-12(14)8-4-10;2-1(3)4/h1-8H,13-14H2;(H5,2,3,4). The first-order chi connectivity index (χ1) is 8.49. The van der Waals surface area contributed by atoms with Crippen LogP contribution < -0.4 is 22.9 Å². The quantitative estimate of drug-likeness (QED) is 0.294. The van der Waals surface area contributed by atoms with Gasteiger partial charge in [0.2, 0.25) is 0 Å². The predicted molar refractivity (Wildman–Crippen MR) is 76.8 cm³/mol.